The lowest BCUT2D eigenvalue weighted by molar-refractivity contribution is -0.130. The van der Waals surface area contributed by atoms with E-state index in [4.69, 9.17) is 4.74 Å². The average molecular weight is 428 g/mol. The molecule has 0 radical (unpaired) electrons. The lowest BCUT2D eigenvalue weighted by Crippen LogP contribution is -2.47. The number of pyridine rings is 2. The molecule has 2 aliphatic heterocycles. The van der Waals surface area contributed by atoms with Crippen LogP contribution in [0.5, 0.6) is 11.6 Å². The van der Waals surface area contributed by atoms with Gasteiger partial charge in [-0.3, -0.25) is 19.7 Å². The maximum atomic E-state index is 11.5. The van der Waals surface area contributed by atoms with Gasteiger partial charge in [0.1, 0.15) is 5.75 Å². The Labute approximate surface area is 187 Å². The van der Waals surface area contributed by atoms with Gasteiger partial charge in [0.05, 0.1) is 12.1 Å². The number of nitrogens with zero attached hydrogens (tertiary/aromatic N) is 5. The van der Waals surface area contributed by atoms with E-state index in [-0.39, 0.29) is 5.91 Å². The number of hydrogen-bond acceptors (Lipinski definition) is 6. The van der Waals surface area contributed by atoms with Gasteiger partial charge < -0.3 is 9.64 Å². The molecule has 1 saturated heterocycles. The molecule has 32 heavy (non-hydrogen) atoms. The summed E-state index contributed by atoms with van der Waals surface area (Å²) in [6.45, 7) is 6.53. The van der Waals surface area contributed by atoms with E-state index in [0.717, 1.165) is 54.8 Å². The van der Waals surface area contributed by atoms with Gasteiger partial charge in [-0.15, -0.1) is 0 Å². The fourth-order valence-corrected chi connectivity index (χ4v) is 4.06. The van der Waals surface area contributed by atoms with Crippen LogP contribution < -0.4 is 4.74 Å². The summed E-state index contributed by atoms with van der Waals surface area (Å²) in [4.78, 5) is 29.0. The Kier molecular flexibility index (Phi) is 5.64. The highest BCUT2D eigenvalue weighted by molar-refractivity contribution is 5.89. The van der Waals surface area contributed by atoms with Crippen LogP contribution in [0, 0.1) is 0 Å². The number of ether oxygens (including phenoxy) is 1. The number of allylic oxidation sites excluding steroid dienone is 1. The first-order chi connectivity index (χ1) is 15.6. The molecular formula is C25H25N5O2. The van der Waals surface area contributed by atoms with E-state index in [1.165, 1.54) is 5.56 Å². The van der Waals surface area contributed by atoms with Crippen molar-refractivity contribution in [1.82, 2.24) is 19.8 Å². The highest BCUT2D eigenvalue weighted by atomic mass is 16.5. The second-order valence-corrected chi connectivity index (χ2v) is 8.15. The van der Waals surface area contributed by atoms with Crippen molar-refractivity contribution in [2.24, 2.45) is 4.99 Å². The first-order valence-electron chi connectivity index (χ1n) is 10.8. The molecule has 0 atom stereocenters. The van der Waals surface area contributed by atoms with E-state index in [1.807, 2.05) is 59.9 Å². The lowest BCUT2D eigenvalue weighted by Gasteiger charge is -2.34. The van der Waals surface area contributed by atoms with Crippen LogP contribution in [0.2, 0.25) is 0 Å². The molecule has 0 spiro atoms. The molecule has 1 amide bonds. The van der Waals surface area contributed by atoms with E-state index in [9.17, 15) is 4.79 Å². The number of fused-ring (bicyclic) bond motifs is 1. The molecule has 0 unspecified atom stereocenters. The van der Waals surface area contributed by atoms with Gasteiger partial charge >= 0.3 is 0 Å². The highest BCUT2D eigenvalue weighted by Crippen LogP contribution is 2.26. The fraction of sp³-hybridized carbons (Fsp3) is 0.280. The van der Waals surface area contributed by atoms with Crippen molar-refractivity contribution in [1.29, 1.82) is 0 Å². The van der Waals surface area contributed by atoms with Gasteiger partial charge in [0.25, 0.3) is 0 Å². The Morgan fingerprint density at radius 3 is 2.62 bits per heavy atom. The van der Waals surface area contributed by atoms with E-state index >= 15 is 0 Å². The summed E-state index contributed by atoms with van der Waals surface area (Å²) < 4.78 is 5.94. The van der Waals surface area contributed by atoms with Gasteiger partial charge in [-0.2, -0.15) is 0 Å². The normalized spacial score (nSPS) is 16.4. The van der Waals surface area contributed by atoms with Gasteiger partial charge in [0.15, 0.2) is 0 Å². The summed E-state index contributed by atoms with van der Waals surface area (Å²) in [7, 11) is 0. The maximum absolute atomic E-state index is 11.5. The molecule has 4 heterocycles. The van der Waals surface area contributed by atoms with E-state index in [2.05, 4.69) is 25.9 Å². The summed E-state index contributed by atoms with van der Waals surface area (Å²) in [5.41, 5.74) is 4.28. The first-order valence-corrected chi connectivity index (χ1v) is 10.8. The zero-order chi connectivity index (χ0) is 21.9. The number of carbonyl (C=O) groups excluding carboxylic acids is 1. The maximum Gasteiger partial charge on any atom is 0.219 e. The molecule has 0 saturated carbocycles. The molecule has 1 aromatic carbocycles. The van der Waals surface area contributed by atoms with E-state index in [0.29, 0.717) is 18.2 Å². The lowest BCUT2D eigenvalue weighted by atomic mass is 10.1. The van der Waals surface area contributed by atoms with Crippen LogP contribution in [-0.2, 0) is 11.3 Å². The van der Waals surface area contributed by atoms with Crippen molar-refractivity contribution in [2.45, 2.75) is 13.5 Å². The standard InChI is InChI=1S/C25H25N5O2/c1-18(31)30-10-8-29(9-11-30)17-19-12-20-2-4-23(13-24(20)27-14-19)32-25-5-3-21(16-28-25)22-6-7-26-15-22/h2-7,12-14,16H,8-11,15,17H2,1H3. The summed E-state index contributed by atoms with van der Waals surface area (Å²) in [5.74, 6) is 1.41. The van der Waals surface area contributed by atoms with Crippen molar-refractivity contribution in [3.8, 4) is 11.6 Å². The molecule has 162 valence electrons. The third-order valence-electron chi connectivity index (χ3n) is 5.91. The SMILES string of the molecule is CC(=O)N1CCN(Cc2cnc3cc(Oc4ccc(C5=CC=NC5)cn4)ccc3c2)CC1. The molecular weight excluding hydrogens is 402 g/mol. The average Bonchev–Trinajstić information content (AvgIpc) is 3.35. The molecule has 1 fully saturated rings. The monoisotopic (exact) mass is 427 g/mol. The molecule has 0 aliphatic carbocycles. The Hall–Kier alpha value is -3.58. The van der Waals surface area contributed by atoms with Crippen molar-refractivity contribution < 1.29 is 9.53 Å². The second kappa shape index (κ2) is 8.88. The molecule has 0 bridgehead atoms. The van der Waals surface area contributed by atoms with Gasteiger partial charge in [-0.25, -0.2) is 4.98 Å². The molecule has 5 rings (SSSR count). The Morgan fingerprint density at radius 1 is 1.03 bits per heavy atom. The number of benzene rings is 1. The van der Waals surface area contributed by atoms with Crippen LogP contribution in [0.15, 0.2) is 59.9 Å². The molecule has 3 aromatic rings. The summed E-state index contributed by atoms with van der Waals surface area (Å²) in [5, 5.41) is 1.08. The van der Waals surface area contributed by atoms with Crippen LogP contribution in [0.1, 0.15) is 18.1 Å². The predicted octanol–water partition coefficient (Wildman–Crippen LogP) is 3.55. The Balaban J connectivity index is 1.23. The van der Waals surface area contributed by atoms with Crippen LogP contribution in [0.4, 0.5) is 0 Å². The summed E-state index contributed by atoms with van der Waals surface area (Å²) in [6, 6.07) is 12.0. The minimum atomic E-state index is 0.155. The number of amides is 1. The van der Waals surface area contributed by atoms with Gasteiger partial charge in [-0.1, -0.05) is 0 Å². The predicted molar refractivity (Wildman–Crippen MR) is 125 cm³/mol. The zero-order valence-corrected chi connectivity index (χ0v) is 18.1. The van der Waals surface area contributed by atoms with Crippen LogP contribution in [0.25, 0.3) is 16.5 Å². The molecule has 2 aliphatic rings. The zero-order valence-electron chi connectivity index (χ0n) is 18.1. The molecule has 7 nitrogen and oxygen atoms in total. The number of aromatic nitrogens is 2. The molecule has 7 heteroatoms. The first kappa shape index (κ1) is 20.3. The Bertz CT molecular complexity index is 1190. The number of carbonyl (C=O) groups is 1. The van der Waals surface area contributed by atoms with E-state index in [1.54, 1.807) is 6.92 Å². The highest BCUT2D eigenvalue weighted by Gasteiger charge is 2.18. The minimum absolute atomic E-state index is 0.155. The van der Waals surface area contributed by atoms with Crippen molar-refractivity contribution >= 4 is 28.6 Å². The van der Waals surface area contributed by atoms with Crippen molar-refractivity contribution in [2.75, 3.05) is 32.7 Å². The number of rotatable bonds is 5. The molecule has 0 N–H and O–H groups in total. The van der Waals surface area contributed by atoms with Crippen LogP contribution >= 0.6 is 0 Å². The van der Waals surface area contributed by atoms with E-state index < -0.39 is 0 Å². The molecule has 2 aromatic heterocycles. The fourth-order valence-electron chi connectivity index (χ4n) is 4.06. The summed E-state index contributed by atoms with van der Waals surface area (Å²) in [6.07, 6.45) is 7.57. The largest absolute Gasteiger partial charge is 0.439 e. The van der Waals surface area contributed by atoms with Crippen LogP contribution in [0.3, 0.4) is 0 Å². The Morgan fingerprint density at radius 2 is 1.91 bits per heavy atom. The van der Waals surface area contributed by atoms with Crippen molar-refractivity contribution in [3.05, 3.63) is 66.0 Å². The smallest absolute Gasteiger partial charge is 0.219 e. The quantitative estimate of drug-likeness (QED) is 0.623. The number of aliphatic imine (C=N–C) groups is 1. The van der Waals surface area contributed by atoms with Gasteiger partial charge in [0, 0.05) is 75.8 Å². The van der Waals surface area contributed by atoms with Gasteiger partial charge in [0.2, 0.25) is 11.8 Å². The minimum Gasteiger partial charge on any atom is -0.439 e. The second-order valence-electron chi connectivity index (χ2n) is 8.15. The van der Waals surface area contributed by atoms with Gasteiger partial charge in [-0.05, 0) is 47.0 Å². The van der Waals surface area contributed by atoms with Crippen molar-refractivity contribution in [3.63, 3.8) is 0 Å². The van der Waals surface area contributed by atoms with Crippen LogP contribution in [-0.4, -0.2) is 64.6 Å². The number of piperazine rings is 1. The topological polar surface area (TPSA) is 70.9 Å². The number of hydrogen-bond donors (Lipinski definition) is 0. The third-order valence-corrected chi connectivity index (χ3v) is 5.91. The summed E-state index contributed by atoms with van der Waals surface area (Å²) >= 11 is 0. The third kappa shape index (κ3) is 4.53.